The number of aryl methyl sites for hydroxylation is 2. The van der Waals surface area contributed by atoms with Gasteiger partial charge in [-0.3, -0.25) is 4.90 Å². The molecule has 0 radical (unpaired) electrons. The molecule has 0 amide bonds. The predicted octanol–water partition coefficient (Wildman–Crippen LogP) is 4.74. The van der Waals surface area contributed by atoms with Gasteiger partial charge in [0.25, 0.3) is 0 Å². The molecule has 0 aliphatic carbocycles. The maximum atomic E-state index is 13.2. The molecule has 0 bridgehead atoms. The molecule has 3 aromatic carbocycles. The molecule has 0 heterocycles. The third-order valence-corrected chi connectivity index (χ3v) is 9.75. The Balaban J connectivity index is 1.60. The molecule has 0 saturated heterocycles. The molecule has 3 aromatic rings. The highest BCUT2D eigenvalue weighted by Crippen LogP contribution is 2.17. The molecule has 0 aliphatic rings. The van der Waals surface area contributed by atoms with Crippen LogP contribution in [0.2, 0.25) is 0 Å². The van der Waals surface area contributed by atoms with Crippen molar-refractivity contribution in [3.8, 4) is 0 Å². The molecule has 0 aromatic heterocycles. The van der Waals surface area contributed by atoms with Gasteiger partial charge in [-0.2, -0.15) is 4.31 Å². The van der Waals surface area contributed by atoms with Crippen LogP contribution < -0.4 is 4.72 Å². The molecular weight excluding hydrogens is 530 g/mol. The lowest BCUT2D eigenvalue weighted by atomic mass is 10.2. The topological polar surface area (TPSA) is 86.8 Å². The molecule has 0 spiro atoms. The Morgan fingerprint density at radius 1 is 0.744 bits per heavy atom. The smallest absolute Gasteiger partial charge is 0.243 e. The number of benzene rings is 3. The zero-order chi connectivity index (χ0) is 28.3. The maximum absolute atomic E-state index is 13.2. The summed E-state index contributed by atoms with van der Waals surface area (Å²) in [5.41, 5.74) is 3.15. The van der Waals surface area contributed by atoms with Crippen LogP contribution in [0, 0.1) is 13.8 Å². The quantitative estimate of drug-likeness (QED) is 0.199. The molecule has 0 saturated carbocycles. The van der Waals surface area contributed by atoms with Crippen LogP contribution in [0.15, 0.2) is 101 Å². The normalized spacial score (nSPS) is 12.2. The lowest BCUT2D eigenvalue weighted by molar-refractivity contribution is 0.251. The molecule has 1 N–H and O–H groups in total. The molecule has 7 nitrogen and oxygen atoms in total. The number of hydrogen-bond acceptors (Lipinski definition) is 5. The van der Waals surface area contributed by atoms with Crippen molar-refractivity contribution in [2.24, 2.45) is 0 Å². The Bertz CT molecular complexity index is 1390. The van der Waals surface area contributed by atoms with Gasteiger partial charge in [0, 0.05) is 26.2 Å². The summed E-state index contributed by atoms with van der Waals surface area (Å²) in [5.74, 6) is 0. The van der Waals surface area contributed by atoms with Gasteiger partial charge in [-0.1, -0.05) is 71.8 Å². The maximum Gasteiger partial charge on any atom is 0.243 e. The largest absolute Gasteiger partial charge is 0.299 e. The third kappa shape index (κ3) is 9.40. The lowest BCUT2D eigenvalue weighted by Crippen LogP contribution is -2.35. The predicted molar refractivity (Wildman–Crippen MR) is 157 cm³/mol. The highest BCUT2D eigenvalue weighted by atomic mass is 32.2. The van der Waals surface area contributed by atoms with Gasteiger partial charge < -0.3 is 0 Å². The standard InChI is InChI=1S/C30H39N3O4S2/c1-4-21-33(39(36,37)30-18-14-27(3)15-19-30)24-9-23-32(25-28-10-6-5-7-11-28)22-8-20-31-38(34,35)29-16-12-26(2)13-17-29/h4-7,10-19,31H,1,8-9,20-25H2,2-3H3. The number of sulfonamides is 2. The number of nitrogens with zero attached hydrogens (tertiary/aromatic N) is 2. The lowest BCUT2D eigenvalue weighted by Gasteiger charge is -2.25. The van der Waals surface area contributed by atoms with Crippen molar-refractivity contribution in [1.82, 2.24) is 13.9 Å². The second-order valence-electron chi connectivity index (χ2n) is 9.64. The number of nitrogens with one attached hydrogen (secondary N) is 1. The fourth-order valence-corrected chi connectivity index (χ4v) is 6.73. The summed E-state index contributed by atoms with van der Waals surface area (Å²) in [6.45, 7) is 10.5. The minimum Gasteiger partial charge on any atom is -0.299 e. The zero-order valence-electron chi connectivity index (χ0n) is 22.8. The van der Waals surface area contributed by atoms with Crippen molar-refractivity contribution in [2.45, 2.75) is 43.0 Å². The fourth-order valence-electron chi connectivity index (χ4n) is 4.21. The minimum atomic E-state index is -3.64. The second kappa shape index (κ2) is 14.5. The highest BCUT2D eigenvalue weighted by molar-refractivity contribution is 7.89. The summed E-state index contributed by atoms with van der Waals surface area (Å²) in [6.07, 6.45) is 2.85. The summed E-state index contributed by atoms with van der Waals surface area (Å²) < 4.78 is 55.9. The van der Waals surface area contributed by atoms with Crippen LogP contribution in [-0.4, -0.2) is 58.8 Å². The monoisotopic (exact) mass is 569 g/mol. The highest BCUT2D eigenvalue weighted by Gasteiger charge is 2.23. The summed E-state index contributed by atoms with van der Waals surface area (Å²) >= 11 is 0. The van der Waals surface area contributed by atoms with E-state index in [1.807, 2.05) is 32.0 Å². The summed E-state index contributed by atoms with van der Waals surface area (Å²) in [4.78, 5) is 2.77. The first-order valence-corrected chi connectivity index (χ1v) is 16.0. The van der Waals surface area contributed by atoms with Crippen LogP contribution in [-0.2, 0) is 26.6 Å². The molecule has 0 atom stereocenters. The van der Waals surface area contributed by atoms with Crippen LogP contribution in [0.5, 0.6) is 0 Å². The molecule has 0 fully saturated rings. The van der Waals surface area contributed by atoms with Crippen molar-refractivity contribution in [1.29, 1.82) is 0 Å². The van der Waals surface area contributed by atoms with Gasteiger partial charge in [-0.25, -0.2) is 21.6 Å². The first-order valence-electron chi connectivity index (χ1n) is 13.1. The van der Waals surface area contributed by atoms with Crippen LogP contribution >= 0.6 is 0 Å². The van der Waals surface area contributed by atoms with Crippen molar-refractivity contribution in [3.63, 3.8) is 0 Å². The molecule has 210 valence electrons. The van der Waals surface area contributed by atoms with Gasteiger partial charge in [0.1, 0.15) is 0 Å². The third-order valence-electron chi connectivity index (χ3n) is 6.40. The van der Waals surface area contributed by atoms with E-state index in [0.29, 0.717) is 45.6 Å². The van der Waals surface area contributed by atoms with Gasteiger partial charge in [0.2, 0.25) is 20.0 Å². The van der Waals surface area contributed by atoms with E-state index in [4.69, 9.17) is 0 Å². The first kappa shape index (κ1) is 30.7. The molecular formula is C30H39N3O4S2. The van der Waals surface area contributed by atoms with Crippen LogP contribution in [0.3, 0.4) is 0 Å². The molecule has 0 unspecified atom stereocenters. The molecule has 9 heteroatoms. The van der Waals surface area contributed by atoms with Crippen LogP contribution in [0.1, 0.15) is 29.5 Å². The van der Waals surface area contributed by atoms with Gasteiger partial charge >= 0.3 is 0 Å². The van der Waals surface area contributed by atoms with Crippen molar-refractivity contribution in [2.75, 3.05) is 32.7 Å². The van der Waals surface area contributed by atoms with Crippen molar-refractivity contribution < 1.29 is 16.8 Å². The summed E-state index contributed by atoms with van der Waals surface area (Å²) in [6, 6.07) is 23.7. The summed E-state index contributed by atoms with van der Waals surface area (Å²) in [7, 11) is -7.20. The van der Waals surface area contributed by atoms with Crippen molar-refractivity contribution in [3.05, 3.63) is 108 Å². The van der Waals surface area contributed by atoms with E-state index in [2.05, 4.69) is 28.3 Å². The Hall–Kier alpha value is -2.82. The van der Waals surface area contributed by atoms with E-state index in [9.17, 15) is 16.8 Å². The molecule has 39 heavy (non-hydrogen) atoms. The Morgan fingerprint density at radius 2 is 1.31 bits per heavy atom. The second-order valence-corrected chi connectivity index (χ2v) is 13.3. The van der Waals surface area contributed by atoms with E-state index < -0.39 is 20.0 Å². The average molecular weight is 570 g/mol. The van der Waals surface area contributed by atoms with E-state index >= 15 is 0 Å². The number of rotatable bonds is 16. The van der Waals surface area contributed by atoms with E-state index in [1.54, 1.807) is 54.6 Å². The van der Waals surface area contributed by atoms with E-state index in [0.717, 1.165) is 16.7 Å². The van der Waals surface area contributed by atoms with Crippen LogP contribution in [0.4, 0.5) is 0 Å². The van der Waals surface area contributed by atoms with Crippen LogP contribution in [0.25, 0.3) is 0 Å². The average Bonchev–Trinajstić information content (AvgIpc) is 2.91. The van der Waals surface area contributed by atoms with E-state index in [-0.39, 0.29) is 16.3 Å². The van der Waals surface area contributed by atoms with E-state index in [1.165, 1.54) is 4.31 Å². The summed E-state index contributed by atoms with van der Waals surface area (Å²) in [5, 5.41) is 0. The molecule has 3 rings (SSSR count). The van der Waals surface area contributed by atoms with Gasteiger partial charge in [-0.05, 0) is 69.6 Å². The Kier molecular flexibility index (Phi) is 11.4. The SMILES string of the molecule is C=CCN(CCCN(CCCNS(=O)(=O)c1ccc(C)cc1)Cc1ccccc1)S(=O)(=O)c1ccc(C)cc1. The van der Waals surface area contributed by atoms with Gasteiger partial charge in [-0.15, -0.1) is 6.58 Å². The minimum absolute atomic E-state index is 0.232. The van der Waals surface area contributed by atoms with Gasteiger partial charge in [0.05, 0.1) is 9.79 Å². The first-order chi connectivity index (χ1) is 18.6. The molecule has 0 aliphatic heterocycles. The Morgan fingerprint density at radius 3 is 1.90 bits per heavy atom. The number of hydrogen-bond donors (Lipinski definition) is 1. The Labute approximate surface area is 234 Å². The van der Waals surface area contributed by atoms with Gasteiger partial charge in [0.15, 0.2) is 0 Å². The fraction of sp³-hybridized carbons (Fsp3) is 0.333. The zero-order valence-corrected chi connectivity index (χ0v) is 24.4. The van der Waals surface area contributed by atoms with Crippen molar-refractivity contribution >= 4 is 20.0 Å².